The summed E-state index contributed by atoms with van der Waals surface area (Å²) in [5, 5.41) is 7.70. The summed E-state index contributed by atoms with van der Waals surface area (Å²) in [7, 11) is -7.67. The summed E-state index contributed by atoms with van der Waals surface area (Å²) in [5.41, 5.74) is 8.83. The largest absolute Gasteiger partial charge is 0.247 e. The number of hydrogen-bond acceptors (Lipinski definition) is 6. The summed E-state index contributed by atoms with van der Waals surface area (Å²) in [6, 6.07) is 0.300. The molecule has 0 aliphatic carbocycles. The monoisotopic (exact) mass is 336 g/mol. The highest BCUT2D eigenvalue weighted by Crippen LogP contribution is 2.48. The Labute approximate surface area is 120 Å². The zero-order valence-corrected chi connectivity index (χ0v) is 12.9. The highest BCUT2D eigenvalue weighted by atomic mass is 32.3. The van der Waals surface area contributed by atoms with E-state index in [0.717, 1.165) is 0 Å². The summed E-state index contributed by atoms with van der Waals surface area (Å²) in [4.78, 5) is 2.67. The van der Waals surface area contributed by atoms with Gasteiger partial charge in [-0.1, -0.05) is 18.5 Å². The molecule has 20 heavy (non-hydrogen) atoms. The molecule has 2 heterocycles. The number of nitrogens with two attached hydrogens (primary N) is 1. The average molecular weight is 336 g/mol. The van der Waals surface area contributed by atoms with E-state index in [9.17, 15) is 16.8 Å². The predicted octanol–water partition coefficient (Wildman–Crippen LogP) is 1.70. The summed E-state index contributed by atoms with van der Waals surface area (Å²) in [6.07, 6.45) is 0.955. The van der Waals surface area contributed by atoms with E-state index in [1.807, 2.05) is 6.92 Å². The van der Waals surface area contributed by atoms with Crippen LogP contribution in [0.3, 0.4) is 0 Å². The van der Waals surface area contributed by atoms with E-state index in [1.165, 1.54) is 6.07 Å². The van der Waals surface area contributed by atoms with E-state index < -0.39 is 31.2 Å². The van der Waals surface area contributed by atoms with Crippen LogP contribution < -0.4 is 5.14 Å². The molecule has 2 unspecified atom stereocenters. The minimum absolute atomic E-state index is 0.0580. The van der Waals surface area contributed by atoms with Crippen LogP contribution in [0.15, 0.2) is 19.6 Å². The maximum Gasteiger partial charge on any atom is 0.247 e. The van der Waals surface area contributed by atoms with Crippen molar-refractivity contribution in [2.24, 2.45) is 10.3 Å². The summed E-state index contributed by atoms with van der Waals surface area (Å²) in [5.74, 6) is 0. The Morgan fingerprint density at radius 3 is 2.70 bits per heavy atom. The van der Waals surface area contributed by atoms with Crippen LogP contribution in [0.5, 0.6) is 0 Å². The molecule has 0 aromatic carbocycles. The molecule has 0 fully saturated rings. The first kappa shape index (κ1) is 15.3. The van der Waals surface area contributed by atoms with Gasteiger partial charge in [0.2, 0.25) is 10.0 Å². The second kappa shape index (κ2) is 5.01. The number of primary sulfonamides is 1. The molecule has 0 saturated heterocycles. The fourth-order valence-corrected chi connectivity index (χ4v) is 7.04. The van der Waals surface area contributed by atoms with Crippen LogP contribution in [0.1, 0.15) is 31.4 Å². The van der Waals surface area contributed by atoms with Crippen molar-refractivity contribution < 1.29 is 16.8 Å². The van der Waals surface area contributed by atoms with Crippen molar-refractivity contribution in [1.29, 1.82) is 0 Å². The van der Waals surface area contributed by atoms with Gasteiger partial charge in [-0.25, -0.2) is 22.0 Å². The normalized spacial score (nSPS) is 24.1. The van der Waals surface area contributed by atoms with Crippen LogP contribution >= 0.6 is 11.3 Å². The Balaban J connectivity index is 2.67. The Hall–Kier alpha value is -1.13. The van der Waals surface area contributed by atoms with Gasteiger partial charge in [-0.05, 0) is 23.6 Å². The van der Waals surface area contributed by atoms with Crippen molar-refractivity contribution >= 4 is 31.2 Å². The first-order valence-corrected chi connectivity index (χ1v) is 9.59. The number of rotatable bonds is 4. The first-order chi connectivity index (χ1) is 9.23. The lowest BCUT2D eigenvalue weighted by Gasteiger charge is -2.13. The topological polar surface area (TPSA) is 143 Å². The van der Waals surface area contributed by atoms with Crippen LogP contribution in [0.2, 0.25) is 0 Å². The molecule has 2 N–H and O–H groups in total. The van der Waals surface area contributed by atoms with Crippen LogP contribution in [0, 0.1) is 0 Å². The maximum absolute atomic E-state index is 12.4. The minimum Gasteiger partial charge on any atom is -0.224 e. The summed E-state index contributed by atoms with van der Waals surface area (Å²) < 4.78 is 47.1. The van der Waals surface area contributed by atoms with Gasteiger partial charge in [0.15, 0.2) is 9.84 Å². The van der Waals surface area contributed by atoms with Crippen LogP contribution in [0.25, 0.3) is 10.4 Å². The minimum atomic E-state index is -3.98. The highest BCUT2D eigenvalue weighted by Gasteiger charge is 2.46. The first-order valence-electron chi connectivity index (χ1n) is 5.68. The molecule has 0 spiro atoms. The SMILES string of the molecule is CCCC1C(N=[N+]=[N-])c2cc(S(N)(=O)=O)sc2S1(=O)=O. The van der Waals surface area contributed by atoms with E-state index in [-0.39, 0.29) is 14.0 Å². The van der Waals surface area contributed by atoms with Gasteiger partial charge in [0.1, 0.15) is 8.42 Å². The van der Waals surface area contributed by atoms with Gasteiger partial charge in [-0.15, -0.1) is 11.3 Å². The maximum atomic E-state index is 12.4. The van der Waals surface area contributed by atoms with Gasteiger partial charge < -0.3 is 0 Å². The lowest BCUT2D eigenvalue weighted by molar-refractivity contribution is 0.554. The number of sulfone groups is 1. The standard InChI is InChI=1S/C9H12N4O4S3/c1-2-3-6-8(12-13-10)5-4-7(20(11,16)17)18-9(5)19(6,14)15/h4,6,8H,2-3H2,1H3,(H2,11,16,17). The number of sulfonamides is 1. The average Bonchev–Trinajstić information content (AvgIpc) is 2.84. The molecule has 1 aliphatic rings. The molecule has 11 heteroatoms. The van der Waals surface area contributed by atoms with Crippen LogP contribution in [-0.4, -0.2) is 22.1 Å². The third kappa shape index (κ3) is 2.31. The van der Waals surface area contributed by atoms with E-state index in [2.05, 4.69) is 10.0 Å². The third-order valence-electron chi connectivity index (χ3n) is 3.06. The molecule has 2 rings (SSSR count). The van der Waals surface area contributed by atoms with Crippen LogP contribution in [0.4, 0.5) is 0 Å². The molecule has 110 valence electrons. The fraction of sp³-hybridized carbons (Fsp3) is 0.556. The molecule has 0 saturated carbocycles. The molecule has 0 bridgehead atoms. The van der Waals surface area contributed by atoms with Gasteiger partial charge in [-0.2, -0.15) is 0 Å². The quantitative estimate of drug-likeness (QED) is 0.507. The van der Waals surface area contributed by atoms with Gasteiger partial charge in [-0.3, -0.25) is 0 Å². The van der Waals surface area contributed by atoms with E-state index in [4.69, 9.17) is 10.7 Å². The molecular formula is C9H12N4O4S3. The zero-order valence-electron chi connectivity index (χ0n) is 10.4. The molecular weight excluding hydrogens is 324 g/mol. The molecule has 8 nitrogen and oxygen atoms in total. The Morgan fingerprint density at radius 2 is 2.20 bits per heavy atom. The predicted molar refractivity (Wildman–Crippen MR) is 73.5 cm³/mol. The summed E-state index contributed by atoms with van der Waals surface area (Å²) >= 11 is 0.611. The molecule has 1 aromatic heterocycles. The smallest absolute Gasteiger partial charge is 0.224 e. The van der Waals surface area contributed by atoms with Crippen LogP contribution in [-0.2, 0) is 19.9 Å². The highest BCUT2D eigenvalue weighted by molar-refractivity contribution is 7.95. The van der Waals surface area contributed by atoms with E-state index >= 15 is 0 Å². The fourth-order valence-electron chi connectivity index (χ4n) is 2.23. The lowest BCUT2D eigenvalue weighted by atomic mass is 10.1. The van der Waals surface area contributed by atoms with E-state index in [0.29, 0.717) is 24.2 Å². The number of azide groups is 1. The number of thiophene rings is 1. The van der Waals surface area contributed by atoms with Gasteiger partial charge in [0.05, 0.1) is 11.3 Å². The van der Waals surface area contributed by atoms with Crippen molar-refractivity contribution in [2.45, 2.75) is 39.5 Å². The second-order valence-corrected chi connectivity index (χ2v) is 9.58. The summed E-state index contributed by atoms with van der Waals surface area (Å²) in [6.45, 7) is 1.82. The van der Waals surface area contributed by atoms with Gasteiger partial charge in [0.25, 0.3) is 0 Å². The third-order valence-corrected chi connectivity index (χ3v) is 8.42. The molecule has 1 aliphatic heterocycles. The van der Waals surface area contributed by atoms with E-state index in [1.54, 1.807) is 0 Å². The van der Waals surface area contributed by atoms with Crippen molar-refractivity contribution in [3.8, 4) is 0 Å². The van der Waals surface area contributed by atoms with Crippen molar-refractivity contribution in [3.63, 3.8) is 0 Å². The number of hydrogen-bond donors (Lipinski definition) is 1. The Morgan fingerprint density at radius 1 is 1.55 bits per heavy atom. The molecule has 0 radical (unpaired) electrons. The lowest BCUT2D eigenvalue weighted by Crippen LogP contribution is -2.20. The van der Waals surface area contributed by atoms with Gasteiger partial charge >= 0.3 is 0 Å². The zero-order chi connectivity index (χ0) is 15.1. The van der Waals surface area contributed by atoms with Crippen molar-refractivity contribution in [1.82, 2.24) is 0 Å². The molecule has 0 amide bonds. The Bertz CT molecular complexity index is 789. The number of nitrogens with zero attached hydrogens (tertiary/aromatic N) is 3. The van der Waals surface area contributed by atoms with Crippen molar-refractivity contribution in [2.75, 3.05) is 0 Å². The second-order valence-electron chi connectivity index (χ2n) is 4.38. The van der Waals surface area contributed by atoms with Gasteiger partial charge in [0, 0.05) is 4.91 Å². The number of fused-ring (bicyclic) bond motifs is 1. The molecule has 1 aromatic rings. The Kier molecular flexibility index (Phi) is 3.82. The van der Waals surface area contributed by atoms with Crippen molar-refractivity contribution in [3.05, 3.63) is 22.1 Å². The molecule has 2 atom stereocenters.